The van der Waals surface area contributed by atoms with E-state index in [0.717, 1.165) is 0 Å². The maximum absolute atomic E-state index is 12.0. The molecule has 7 nitrogen and oxygen atoms in total. The summed E-state index contributed by atoms with van der Waals surface area (Å²) in [4.78, 5) is 34.9. The number of ether oxygens (including phenoxy) is 1. The molecule has 0 fully saturated rings. The Morgan fingerprint density at radius 1 is 1.14 bits per heavy atom. The molecule has 21 heavy (non-hydrogen) atoms. The van der Waals surface area contributed by atoms with Crippen molar-refractivity contribution < 1.29 is 19.1 Å². The van der Waals surface area contributed by atoms with E-state index < -0.39 is 35.6 Å². The van der Waals surface area contributed by atoms with Gasteiger partial charge < -0.3 is 21.1 Å². The first kappa shape index (κ1) is 19.2. The third-order valence-electron chi connectivity index (χ3n) is 2.94. The van der Waals surface area contributed by atoms with Gasteiger partial charge in [-0.1, -0.05) is 20.3 Å². The number of amides is 3. The van der Waals surface area contributed by atoms with Crippen molar-refractivity contribution in [1.82, 2.24) is 10.6 Å². The lowest BCUT2D eigenvalue weighted by Gasteiger charge is -2.24. The van der Waals surface area contributed by atoms with Crippen LogP contribution in [0.2, 0.25) is 0 Å². The van der Waals surface area contributed by atoms with Crippen LogP contribution >= 0.6 is 0 Å². The molecule has 4 N–H and O–H groups in total. The number of hydrogen-bond acceptors (Lipinski definition) is 4. The van der Waals surface area contributed by atoms with Crippen molar-refractivity contribution in [2.75, 3.05) is 0 Å². The van der Waals surface area contributed by atoms with Crippen LogP contribution in [0.25, 0.3) is 0 Å². The van der Waals surface area contributed by atoms with Gasteiger partial charge in [-0.2, -0.15) is 0 Å². The lowest BCUT2D eigenvalue weighted by atomic mass is 9.98. The highest BCUT2D eigenvalue weighted by Gasteiger charge is 2.27. The summed E-state index contributed by atoms with van der Waals surface area (Å²) >= 11 is 0. The number of hydrogen-bond donors (Lipinski definition) is 3. The molecule has 0 heterocycles. The van der Waals surface area contributed by atoms with E-state index in [-0.39, 0.29) is 5.92 Å². The summed E-state index contributed by atoms with van der Waals surface area (Å²) in [6.45, 7) is 10.4. The van der Waals surface area contributed by atoms with Gasteiger partial charge in [-0.3, -0.25) is 9.59 Å². The largest absolute Gasteiger partial charge is 0.444 e. The number of rotatable bonds is 6. The van der Waals surface area contributed by atoms with Crippen LogP contribution in [0.5, 0.6) is 0 Å². The first-order valence-electron chi connectivity index (χ1n) is 7.07. The molecule has 0 unspecified atom stereocenters. The summed E-state index contributed by atoms with van der Waals surface area (Å²) < 4.78 is 5.06. The lowest BCUT2D eigenvalue weighted by molar-refractivity contribution is -0.129. The Morgan fingerprint density at radius 3 is 2.05 bits per heavy atom. The Balaban J connectivity index is 4.57. The molecule has 0 aliphatic rings. The first-order chi connectivity index (χ1) is 9.47. The molecule has 0 aliphatic carbocycles. The molecule has 0 aromatic rings. The predicted molar refractivity (Wildman–Crippen MR) is 79.4 cm³/mol. The number of alkyl carbamates (subject to hydrolysis) is 1. The predicted octanol–water partition coefficient (Wildman–Crippen LogP) is 0.916. The van der Waals surface area contributed by atoms with Crippen molar-refractivity contribution in [3.05, 3.63) is 0 Å². The van der Waals surface area contributed by atoms with Gasteiger partial charge in [0.25, 0.3) is 0 Å². The summed E-state index contributed by atoms with van der Waals surface area (Å²) in [5, 5.41) is 4.96. The van der Waals surface area contributed by atoms with Crippen LogP contribution in [0.1, 0.15) is 48.0 Å². The Labute approximate surface area is 126 Å². The fraction of sp³-hybridized carbons (Fsp3) is 0.786. The van der Waals surface area contributed by atoms with Crippen LogP contribution in [0, 0.1) is 5.92 Å². The van der Waals surface area contributed by atoms with Crippen molar-refractivity contribution in [2.45, 2.75) is 65.6 Å². The monoisotopic (exact) mass is 301 g/mol. The van der Waals surface area contributed by atoms with Crippen molar-refractivity contribution >= 4 is 17.9 Å². The Hall–Kier alpha value is -1.79. The molecular formula is C14H27N3O4. The van der Waals surface area contributed by atoms with Crippen molar-refractivity contribution in [1.29, 1.82) is 0 Å². The van der Waals surface area contributed by atoms with Gasteiger partial charge in [0, 0.05) is 0 Å². The highest BCUT2D eigenvalue weighted by molar-refractivity contribution is 5.90. The summed E-state index contributed by atoms with van der Waals surface area (Å²) in [7, 11) is 0. The Bertz CT molecular complexity index is 390. The molecule has 3 amide bonds. The molecule has 7 heteroatoms. The third-order valence-corrected chi connectivity index (χ3v) is 2.94. The first-order valence-corrected chi connectivity index (χ1v) is 7.07. The summed E-state index contributed by atoms with van der Waals surface area (Å²) in [6.07, 6.45) is 0.00574. The van der Waals surface area contributed by atoms with Gasteiger partial charge in [0.1, 0.15) is 17.7 Å². The zero-order valence-corrected chi connectivity index (χ0v) is 13.6. The number of carbonyl (C=O) groups is 3. The van der Waals surface area contributed by atoms with Gasteiger partial charge in [-0.25, -0.2) is 4.79 Å². The van der Waals surface area contributed by atoms with E-state index in [9.17, 15) is 14.4 Å². The van der Waals surface area contributed by atoms with E-state index in [1.807, 2.05) is 13.8 Å². The highest BCUT2D eigenvalue weighted by Crippen LogP contribution is 2.08. The van der Waals surface area contributed by atoms with Gasteiger partial charge >= 0.3 is 6.09 Å². The lowest BCUT2D eigenvalue weighted by Crippen LogP contribution is -2.54. The zero-order valence-electron chi connectivity index (χ0n) is 13.6. The minimum atomic E-state index is -0.828. The van der Waals surface area contributed by atoms with Gasteiger partial charge in [0.05, 0.1) is 0 Å². The standard InChI is InChI=1S/C14H27N3O4/c1-7-8(2)10(11(15)18)17-12(19)9(3)16-13(20)21-14(4,5)6/h8-10H,7H2,1-6H3,(H2,15,18)(H,16,20)(H,17,19)/t8-,9-,10+/m0/s1. The summed E-state index contributed by atoms with van der Waals surface area (Å²) in [5.74, 6) is -1.16. The van der Waals surface area contributed by atoms with Crippen LogP contribution in [0.4, 0.5) is 4.79 Å². The molecule has 0 rings (SSSR count). The smallest absolute Gasteiger partial charge is 0.408 e. The van der Waals surface area contributed by atoms with Crippen LogP contribution in [0.15, 0.2) is 0 Å². The number of nitrogens with one attached hydrogen (secondary N) is 2. The minimum absolute atomic E-state index is 0.0832. The normalized spacial score (nSPS) is 15.5. The fourth-order valence-corrected chi connectivity index (χ4v) is 1.56. The van der Waals surface area contributed by atoms with Crippen molar-refractivity contribution in [2.24, 2.45) is 11.7 Å². The van der Waals surface area contributed by atoms with E-state index in [2.05, 4.69) is 10.6 Å². The molecule has 0 aliphatic heterocycles. The van der Waals surface area contributed by atoms with Crippen molar-refractivity contribution in [3.63, 3.8) is 0 Å². The van der Waals surface area contributed by atoms with Crippen LogP contribution in [0.3, 0.4) is 0 Å². The van der Waals surface area contributed by atoms with Gasteiger partial charge in [0.15, 0.2) is 0 Å². The molecule has 3 atom stereocenters. The second-order valence-electron chi connectivity index (χ2n) is 6.14. The molecule has 0 spiro atoms. The van der Waals surface area contributed by atoms with E-state index in [1.54, 1.807) is 20.8 Å². The van der Waals surface area contributed by atoms with E-state index in [1.165, 1.54) is 6.92 Å². The number of primary amides is 1. The van der Waals surface area contributed by atoms with Gasteiger partial charge in [-0.15, -0.1) is 0 Å². The second kappa shape index (κ2) is 7.85. The Kier molecular flexibility index (Phi) is 7.18. The fourth-order valence-electron chi connectivity index (χ4n) is 1.56. The average molecular weight is 301 g/mol. The van der Waals surface area contributed by atoms with Crippen LogP contribution in [-0.4, -0.2) is 35.6 Å². The topological polar surface area (TPSA) is 111 Å². The molecule has 0 radical (unpaired) electrons. The molecule has 0 bridgehead atoms. The average Bonchev–Trinajstić information content (AvgIpc) is 2.31. The molecule has 0 aromatic carbocycles. The maximum Gasteiger partial charge on any atom is 0.408 e. The SMILES string of the molecule is CC[C@H](C)[C@@H](NC(=O)[C@H](C)NC(=O)OC(C)(C)C)C(N)=O. The quantitative estimate of drug-likeness (QED) is 0.677. The summed E-state index contributed by atoms with van der Waals surface area (Å²) in [6, 6.07) is -1.59. The van der Waals surface area contributed by atoms with Crippen LogP contribution in [-0.2, 0) is 14.3 Å². The second-order valence-corrected chi connectivity index (χ2v) is 6.14. The number of carbonyl (C=O) groups excluding carboxylic acids is 3. The molecular weight excluding hydrogens is 274 g/mol. The molecule has 0 saturated carbocycles. The summed E-state index contributed by atoms with van der Waals surface area (Å²) in [5.41, 5.74) is 4.63. The maximum atomic E-state index is 12.0. The highest BCUT2D eigenvalue weighted by atomic mass is 16.6. The minimum Gasteiger partial charge on any atom is -0.444 e. The van der Waals surface area contributed by atoms with Crippen LogP contribution < -0.4 is 16.4 Å². The number of nitrogens with two attached hydrogens (primary N) is 1. The van der Waals surface area contributed by atoms with Crippen molar-refractivity contribution in [3.8, 4) is 0 Å². The van der Waals surface area contributed by atoms with E-state index >= 15 is 0 Å². The third kappa shape index (κ3) is 7.53. The van der Waals surface area contributed by atoms with E-state index in [0.29, 0.717) is 6.42 Å². The van der Waals surface area contributed by atoms with E-state index in [4.69, 9.17) is 10.5 Å². The molecule has 122 valence electrons. The molecule has 0 saturated heterocycles. The van der Waals surface area contributed by atoms with Gasteiger partial charge in [-0.05, 0) is 33.6 Å². The van der Waals surface area contributed by atoms with Gasteiger partial charge in [0.2, 0.25) is 11.8 Å². The molecule has 0 aromatic heterocycles. The Morgan fingerprint density at radius 2 is 1.67 bits per heavy atom. The zero-order chi connectivity index (χ0) is 16.8.